The minimum absolute atomic E-state index is 0.0144. The van der Waals surface area contributed by atoms with Crippen molar-refractivity contribution in [2.75, 3.05) is 6.54 Å². The van der Waals surface area contributed by atoms with Crippen molar-refractivity contribution in [3.63, 3.8) is 0 Å². The van der Waals surface area contributed by atoms with Crippen LogP contribution in [0.4, 0.5) is 0 Å². The van der Waals surface area contributed by atoms with Crippen LogP contribution in [0.3, 0.4) is 0 Å². The Morgan fingerprint density at radius 3 is 2.50 bits per heavy atom. The third kappa shape index (κ3) is 3.19. The first kappa shape index (κ1) is 11.9. The van der Waals surface area contributed by atoms with Gasteiger partial charge in [0.25, 0.3) is 0 Å². The lowest BCUT2D eigenvalue weighted by Crippen LogP contribution is -2.50. The fourth-order valence-corrected chi connectivity index (χ4v) is 2.60. The summed E-state index contributed by atoms with van der Waals surface area (Å²) in [6, 6.07) is 0.292. The highest BCUT2D eigenvalue weighted by Crippen LogP contribution is 2.18. The molecule has 0 aromatic rings. The number of hydrogen-bond acceptors (Lipinski definition) is 3. The summed E-state index contributed by atoms with van der Waals surface area (Å²) in [5.41, 5.74) is 0. The van der Waals surface area contributed by atoms with E-state index in [0.29, 0.717) is 0 Å². The molecule has 0 unspecified atom stereocenters. The molecule has 0 bridgehead atoms. The van der Waals surface area contributed by atoms with Crippen molar-refractivity contribution in [1.82, 2.24) is 10.6 Å². The van der Waals surface area contributed by atoms with Crippen LogP contribution in [0, 0.1) is 0 Å². The van der Waals surface area contributed by atoms with Crippen molar-refractivity contribution in [3.05, 3.63) is 0 Å². The van der Waals surface area contributed by atoms with Crippen LogP contribution in [0.15, 0.2) is 0 Å². The van der Waals surface area contributed by atoms with Crippen molar-refractivity contribution in [2.24, 2.45) is 0 Å². The molecule has 1 atom stereocenters. The van der Waals surface area contributed by atoms with Gasteiger partial charge < -0.3 is 15.7 Å². The molecule has 0 radical (unpaired) electrons. The van der Waals surface area contributed by atoms with Crippen LogP contribution in [0.1, 0.15) is 44.9 Å². The van der Waals surface area contributed by atoms with Crippen molar-refractivity contribution in [1.29, 1.82) is 0 Å². The number of aliphatic hydroxyl groups is 1. The molecule has 0 aromatic heterocycles. The Morgan fingerprint density at radius 1 is 1.12 bits per heavy atom. The number of hydrogen-bond donors (Lipinski definition) is 3. The molecule has 2 rings (SSSR count). The molecule has 92 valence electrons. The second-order valence-electron chi connectivity index (χ2n) is 5.02. The lowest BCUT2D eigenvalue weighted by atomic mass is 9.92. The van der Waals surface area contributed by atoms with Gasteiger partial charge in [0.15, 0.2) is 0 Å². The van der Waals surface area contributed by atoms with Gasteiger partial charge in [0.1, 0.15) is 0 Å². The fourth-order valence-electron chi connectivity index (χ4n) is 2.60. The minimum Gasteiger partial charge on any atom is -0.393 e. The van der Waals surface area contributed by atoms with Crippen molar-refractivity contribution in [2.45, 2.75) is 63.1 Å². The van der Waals surface area contributed by atoms with Gasteiger partial charge in [0.2, 0.25) is 5.91 Å². The number of carbonyl (C=O) groups is 1. The van der Waals surface area contributed by atoms with Gasteiger partial charge in [0, 0.05) is 6.04 Å². The average molecular weight is 226 g/mol. The molecule has 1 saturated carbocycles. The molecule has 1 saturated heterocycles. The van der Waals surface area contributed by atoms with Gasteiger partial charge in [-0.3, -0.25) is 4.79 Å². The Hall–Kier alpha value is -0.610. The Kier molecular flexibility index (Phi) is 4.18. The van der Waals surface area contributed by atoms with E-state index in [9.17, 15) is 9.90 Å². The lowest BCUT2D eigenvalue weighted by molar-refractivity contribution is -0.124. The molecular weight excluding hydrogens is 204 g/mol. The number of piperidine rings is 1. The molecule has 1 aliphatic heterocycles. The summed E-state index contributed by atoms with van der Waals surface area (Å²) in [5.74, 6) is 0.154. The second-order valence-corrected chi connectivity index (χ2v) is 5.02. The van der Waals surface area contributed by atoms with Crippen LogP contribution in [0.5, 0.6) is 0 Å². The standard InChI is InChI=1S/C12H22N2O2/c15-10-6-4-9(5-7-10)14-12(16)11-3-1-2-8-13-11/h9-11,13,15H,1-8H2,(H,14,16)/t9?,10?,11-/m0/s1. The molecule has 1 amide bonds. The van der Waals surface area contributed by atoms with Gasteiger partial charge in [0.05, 0.1) is 12.1 Å². The van der Waals surface area contributed by atoms with Gasteiger partial charge in [-0.15, -0.1) is 0 Å². The van der Waals surface area contributed by atoms with Crippen molar-refractivity contribution < 1.29 is 9.90 Å². The van der Waals surface area contributed by atoms with E-state index in [1.54, 1.807) is 0 Å². The highest BCUT2D eigenvalue weighted by Gasteiger charge is 2.25. The maximum Gasteiger partial charge on any atom is 0.237 e. The third-order valence-electron chi connectivity index (χ3n) is 3.67. The summed E-state index contributed by atoms with van der Waals surface area (Å²) in [6.07, 6.45) is 6.61. The van der Waals surface area contributed by atoms with Crippen LogP contribution in [-0.4, -0.2) is 35.7 Å². The second kappa shape index (κ2) is 5.64. The van der Waals surface area contributed by atoms with Crippen LogP contribution in [0.2, 0.25) is 0 Å². The Labute approximate surface area is 96.8 Å². The first-order valence-electron chi connectivity index (χ1n) is 6.47. The van der Waals surface area contributed by atoms with E-state index in [2.05, 4.69) is 10.6 Å². The largest absolute Gasteiger partial charge is 0.393 e. The predicted octanol–water partition coefficient (Wildman–Crippen LogP) is 0.548. The van der Waals surface area contributed by atoms with Crippen molar-refractivity contribution in [3.8, 4) is 0 Å². The Balaban J connectivity index is 1.73. The normalized spacial score (nSPS) is 35.7. The molecular formula is C12H22N2O2. The van der Waals surface area contributed by atoms with Gasteiger partial charge in [-0.25, -0.2) is 0 Å². The summed E-state index contributed by atoms with van der Waals surface area (Å²) >= 11 is 0. The van der Waals surface area contributed by atoms with Gasteiger partial charge >= 0.3 is 0 Å². The minimum atomic E-state index is -0.152. The fraction of sp³-hybridized carbons (Fsp3) is 0.917. The number of carbonyl (C=O) groups excluding carboxylic acids is 1. The Bertz CT molecular complexity index is 231. The summed E-state index contributed by atoms with van der Waals surface area (Å²) in [5, 5.41) is 15.7. The highest BCUT2D eigenvalue weighted by molar-refractivity contribution is 5.82. The quantitative estimate of drug-likeness (QED) is 0.644. The Morgan fingerprint density at radius 2 is 1.88 bits per heavy atom. The topological polar surface area (TPSA) is 61.4 Å². The van der Waals surface area contributed by atoms with E-state index >= 15 is 0 Å². The third-order valence-corrected chi connectivity index (χ3v) is 3.67. The first-order valence-corrected chi connectivity index (χ1v) is 6.47. The van der Waals surface area contributed by atoms with Crippen LogP contribution < -0.4 is 10.6 Å². The zero-order chi connectivity index (χ0) is 11.4. The predicted molar refractivity (Wildman–Crippen MR) is 62.0 cm³/mol. The molecule has 2 fully saturated rings. The molecule has 1 heterocycles. The maximum atomic E-state index is 11.9. The van der Waals surface area contributed by atoms with E-state index in [1.807, 2.05) is 0 Å². The molecule has 0 spiro atoms. The SMILES string of the molecule is O=C(NC1CCC(O)CC1)[C@@H]1CCCCN1. The molecule has 2 aliphatic rings. The molecule has 0 aromatic carbocycles. The summed E-state index contributed by atoms with van der Waals surface area (Å²) in [4.78, 5) is 11.9. The first-order chi connectivity index (χ1) is 7.75. The maximum absolute atomic E-state index is 11.9. The zero-order valence-electron chi connectivity index (χ0n) is 9.74. The molecule has 1 aliphatic carbocycles. The van der Waals surface area contributed by atoms with E-state index in [4.69, 9.17) is 0 Å². The molecule has 4 nitrogen and oxygen atoms in total. The number of aliphatic hydroxyl groups excluding tert-OH is 1. The van der Waals surface area contributed by atoms with E-state index < -0.39 is 0 Å². The summed E-state index contributed by atoms with van der Waals surface area (Å²) in [7, 11) is 0. The molecule has 3 N–H and O–H groups in total. The van der Waals surface area contributed by atoms with Crippen LogP contribution in [-0.2, 0) is 4.79 Å². The zero-order valence-corrected chi connectivity index (χ0v) is 9.74. The van der Waals surface area contributed by atoms with Crippen molar-refractivity contribution >= 4 is 5.91 Å². The number of amides is 1. The van der Waals surface area contributed by atoms with E-state index in [-0.39, 0.29) is 24.1 Å². The van der Waals surface area contributed by atoms with E-state index in [1.165, 1.54) is 6.42 Å². The summed E-state index contributed by atoms with van der Waals surface area (Å²) < 4.78 is 0. The smallest absolute Gasteiger partial charge is 0.237 e. The molecule has 16 heavy (non-hydrogen) atoms. The van der Waals surface area contributed by atoms with Gasteiger partial charge in [-0.05, 0) is 45.1 Å². The lowest BCUT2D eigenvalue weighted by Gasteiger charge is -2.29. The van der Waals surface area contributed by atoms with Gasteiger partial charge in [-0.1, -0.05) is 6.42 Å². The monoisotopic (exact) mass is 226 g/mol. The van der Waals surface area contributed by atoms with Crippen LogP contribution >= 0.6 is 0 Å². The van der Waals surface area contributed by atoms with Gasteiger partial charge in [-0.2, -0.15) is 0 Å². The van der Waals surface area contributed by atoms with E-state index in [0.717, 1.165) is 45.1 Å². The average Bonchev–Trinajstić information content (AvgIpc) is 2.33. The number of nitrogens with one attached hydrogen (secondary N) is 2. The highest BCUT2D eigenvalue weighted by atomic mass is 16.3. The summed E-state index contributed by atoms with van der Waals surface area (Å²) in [6.45, 7) is 0.960. The number of rotatable bonds is 2. The van der Waals surface area contributed by atoms with Crippen LogP contribution in [0.25, 0.3) is 0 Å². The molecule has 4 heteroatoms.